The Hall–Kier alpha value is -3.17. The third-order valence-electron chi connectivity index (χ3n) is 4.50. The smallest absolute Gasteiger partial charge is 0.265 e. The molecule has 0 bridgehead atoms. The lowest BCUT2D eigenvalue weighted by atomic mass is 10.2. The van der Waals surface area contributed by atoms with Gasteiger partial charge in [-0.3, -0.25) is 14.5 Å². The Kier molecular flexibility index (Phi) is 5.56. The first-order valence-electron chi connectivity index (χ1n) is 8.96. The van der Waals surface area contributed by atoms with Crippen molar-refractivity contribution in [3.8, 4) is 11.5 Å². The number of nitrogens with zero attached hydrogens (tertiary/aromatic N) is 2. The highest BCUT2D eigenvalue weighted by Crippen LogP contribution is 2.34. The molecule has 2 heterocycles. The number of thioether (sulfide) groups is 1. The molecule has 0 saturated carbocycles. The van der Waals surface area contributed by atoms with Crippen LogP contribution in [0.25, 0.3) is 17.0 Å². The van der Waals surface area contributed by atoms with Crippen LogP contribution < -0.4 is 15.0 Å². The number of hydrogen-bond acceptors (Lipinski definition) is 7. The highest BCUT2D eigenvalue weighted by Gasteiger charge is 2.28. The Morgan fingerprint density at radius 1 is 1.20 bits per heavy atom. The van der Waals surface area contributed by atoms with E-state index in [9.17, 15) is 9.59 Å². The number of aromatic amines is 1. The van der Waals surface area contributed by atoms with Gasteiger partial charge in [0.1, 0.15) is 16.8 Å². The zero-order valence-electron chi connectivity index (χ0n) is 16.2. The van der Waals surface area contributed by atoms with Crippen LogP contribution >= 0.6 is 24.0 Å². The van der Waals surface area contributed by atoms with Gasteiger partial charge in [-0.1, -0.05) is 42.2 Å². The van der Waals surface area contributed by atoms with Gasteiger partial charge in [0.2, 0.25) is 0 Å². The summed E-state index contributed by atoms with van der Waals surface area (Å²) in [4.78, 5) is 33.5. The molecule has 1 amide bonds. The van der Waals surface area contributed by atoms with E-state index < -0.39 is 0 Å². The van der Waals surface area contributed by atoms with Gasteiger partial charge in [0, 0.05) is 7.05 Å². The molecule has 1 aromatic heterocycles. The average molecular weight is 440 g/mol. The number of fused-ring (bicyclic) bond motifs is 1. The van der Waals surface area contributed by atoms with E-state index in [0.717, 1.165) is 5.56 Å². The lowest BCUT2D eigenvalue weighted by Gasteiger charge is -2.11. The van der Waals surface area contributed by atoms with Gasteiger partial charge >= 0.3 is 0 Å². The molecular formula is C21H17N3O4S2. The van der Waals surface area contributed by atoms with Crippen LogP contribution in [0.3, 0.4) is 0 Å². The molecule has 1 fully saturated rings. The summed E-state index contributed by atoms with van der Waals surface area (Å²) >= 11 is 6.41. The molecular weight excluding hydrogens is 422 g/mol. The molecule has 0 unspecified atom stereocenters. The summed E-state index contributed by atoms with van der Waals surface area (Å²) in [6.07, 6.45) is 1.76. The van der Waals surface area contributed by atoms with Gasteiger partial charge in [0.25, 0.3) is 11.5 Å². The minimum atomic E-state index is -0.213. The summed E-state index contributed by atoms with van der Waals surface area (Å²) in [6.45, 7) is 0.0737. The van der Waals surface area contributed by atoms with E-state index in [1.807, 2.05) is 12.1 Å². The summed E-state index contributed by atoms with van der Waals surface area (Å²) in [5, 5.41) is 0.528. The van der Waals surface area contributed by atoms with Gasteiger partial charge in [0.15, 0.2) is 11.5 Å². The number of H-pyrrole nitrogens is 1. The first-order chi connectivity index (χ1) is 14.5. The molecule has 1 N–H and O–H groups in total. The Balaban J connectivity index is 1.55. The van der Waals surface area contributed by atoms with E-state index in [2.05, 4.69) is 9.97 Å². The topological polar surface area (TPSA) is 84.5 Å². The fraction of sp³-hybridized carbons (Fsp3) is 0.143. The van der Waals surface area contributed by atoms with E-state index in [4.69, 9.17) is 21.7 Å². The summed E-state index contributed by atoms with van der Waals surface area (Å²) in [7, 11) is 3.19. The van der Waals surface area contributed by atoms with Crippen molar-refractivity contribution < 1.29 is 14.3 Å². The lowest BCUT2D eigenvalue weighted by Crippen LogP contribution is -2.22. The molecule has 9 heteroatoms. The number of nitrogens with one attached hydrogen (secondary N) is 1. The van der Waals surface area contributed by atoms with E-state index in [-0.39, 0.29) is 18.1 Å². The minimum absolute atomic E-state index is 0.0737. The van der Waals surface area contributed by atoms with Crippen LogP contribution in [0.15, 0.2) is 52.2 Å². The number of para-hydroxylation sites is 1. The molecule has 30 heavy (non-hydrogen) atoms. The normalized spacial score (nSPS) is 15.3. The number of likely N-dealkylation sites (N-methyl/N-ethyl adjacent to an activating group) is 1. The number of methoxy groups -OCH3 is 1. The number of amides is 1. The van der Waals surface area contributed by atoms with Gasteiger partial charge in [0.05, 0.1) is 22.9 Å². The second kappa shape index (κ2) is 8.29. The number of ether oxygens (including phenoxy) is 2. The lowest BCUT2D eigenvalue weighted by molar-refractivity contribution is -0.121. The highest BCUT2D eigenvalue weighted by molar-refractivity contribution is 8.26. The molecule has 0 aliphatic carbocycles. The zero-order chi connectivity index (χ0) is 21.3. The van der Waals surface area contributed by atoms with Crippen LogP contribution in [0.5, 0.6) is 11.5 Å². The number of carbonyl (C=O) groups excluding carboxylic acids is 1. The van der Waals surface area contributed by atoms with Gasteiger partial charge in [-0.15, -0.1) is 0 Å². The quantitative estimate of drug-likeness (QED) is 0.482. The molecule has 152 valence electrons. The van der Waals surface area contributed by atoms with Crippen LogP contribution in [0.2, 0.25) is 0 Å². The second-order valence-electron chi connectivity index (χ2n) is 6.47. The predicted molar refractivity (Wildman–Crippen MR) is 121 cm³/mol. The number of benzene rings is 2. The van der Waals surface area contributed by atoms with Gasteiger partial charge in [-0.05, 0) is 35.9 Å². The maximum atomic E-state index is 12.2. The third kappa shape index (κ3) is 3.94. The number of aromatic nitrogens is 2. The van der Waals surface area contributed by atoms with Crippen LogP contribution in [0.1, 0.15) is 11.4 Å². The van der Waals surface area contributed by atoms with Crippen molar-refractivity contribution in [2.75, 3.05) is 14.2 Å². The summed E-state index contributed by atoms with van der Waals surface area (Å²) in [6, 6.07) is 12.5. The standard InChI is InChI=1S/C21H17N3O4S2/c1-24-20(26)17(30-21(24)29)10-12-7-8-15(16(9-12)27-2)28-11-18-22-14-6-4-3-5-13(14)19(25)23-18/h3-10H,11H2,1-2H3,(H,22,23,25). The Bertz CT molecular complexity index is 1250. The largest absolute Gasteiger partial charge is 0.493 e. The first kappa shape index (κ1) is 20.1. The van der Waals surface area contributed by atoms with E-state index in [1.54, 1.807) is 43.5 Å². The van der Waals surface area contributed by atoms with Crippen molar-refractivity contribution >= 4 is 51.2 Å². The van der Waals surface area contributed by atoms with Crippen LogP contribution in [-0.4, -0.2) is 39.3 Å². The number of thiocarbonyl (C=S) groups is 1. The molecule has 2 aromatic carbocycles. The molecule has 0 spiro atoms. The van der Waals surface area contributed by atoms with Gasteiger partial charge < -0.3 is 14.5 Å². The van der Waals surface area contributed by atoms with Crippen LogP contribution in [0, 0.1) is 0 Å². The number of carbonyl (C=O) groups is 1. The fourth-order valence-electron chi connectivity index (χ4n) is 2.94. The van der Waals surface area contributed by atoms with Crippen molar-refractivity contribution in [1.82, 2.24) is 14.9 Å². The van der Waals surface area contributed by atoms with Crippen LogP contribution in [-0.2, 0) is 11.4 Å². The average Bonchev–Trinajstić information content (AvgIpc) is 2.99. The van der Waals surface area contributed by atoms with Crippen molar-refractivity contribution in [1.29, 1.82) is 0 Å². The molecule has 1 saturated heterocycles. The van der Waals surface area contributed by atoms with E-state index in [1.165, 1.54) is 23.8 Å². The zero-order valence-corrected chi connectivity index (χ0v) is 17.8. The van der Waals surface area contributed by atoms with Gasteiger partial charge in [-0.25, -0.2) is 4.98 Å². The fourth-order valence-corrected chi connectivity index (χ4v) is 4.12. The Labute approximate surface area is 181 Å². The molecule has 3 aromatic rings. The minimum Gasteiger partial charge on any atom is -0.493 e. The Morgan fingerprint density at radius 2 is 2.00 bits per heavy atom. The maximum absolute atomic E-state index is 12.2. The number of rotatable bonds is 5. The van der Waals surface area contributed by atoms with E-state index in [0.29, 0.717) is 37.5 Å². The molecule has 4 rings (SSSR count). The van der Waals surface area contributed by atoms with Crippen molar-refractivity contribution in [3.63, 3.8) is 0 Å². The Morgan fingerprint density at radius 3 is 2.73 bits per heavy atom. The third-order valence-corrected chi connectivity index (χ3v) is 5.98. The summed E-state index contributed by atoms with van der Waals surface area (Å²) in [5.41, 5.74) is 1.18. The van der Waals surface area contributed by atoms with Gasteiger partial charge in [-0.2, -0.15) is 0 Å². The molecule has 1 aliphatic heterocycles. The monoisotopic (exact) mass is 439 g/mol. The SMILES string of the molecule is COc1cc(C=C2SC(=S)N(C)C2=O)ccc1OCc1nc2ccccc2c(=O)[nH]1. The van der Waals surface area contributed by atoms with Crippen molar-refractivity contribution in [2.45, 2.75) is 6.61 Å². The van der Waals surface area contributed by atoms with Crippen LogP contribution in [0.4, 0.5) is 0 Å². The number of hydrogen-bond donors (Lipinski definition) is 1. The predicted octanol–water partition coefficient (Wildman–Crippen LogP) is 3.34. The van der Waals surface area contributed by atoms with Crippen molar-refractivity contribution in [2.24, 2.45) is 0 Å². The second-order valence-corrected chi connectivity index (χ2v) is 8.15. The summed E-state index contributed by atoms with van der Waals surface area (Å²) < 4.78 is 11.8. The highest BCUT2D eigenvalue weighted by atomic mass is 32.2. The maximum Gasteiger partial charge on any atom is 0.265 e. The first-order valence-corrected chi connectivity index (χ1v) is 10.2. The summed E-state index contributed by atoms with van der Waals surface area (Å²) in [5.74, 6) is 1.28. The molecule has 1 aliphatic rings. The van der Waals surface area contributed by atoms with E-state index >= 15 is 0 Å². The molecule has 7 nitrogen and oxygen atoms in total. The van der Waals surface area contributed by atoms with Crippen molar-refractivity contribution in [3.05, 3.63) is 69.1 Å². The molecule has 0 radical (unpaired) electrons. The molecule has 0 atom stereocenters.